The third-order valence-electron chi connectivity index (χ3n) is 4.00. The molecule has 0 aromatic rings. The summed E-state index contributed by atoms with van der Waals surface area (Å²) in [7, 11) is 0. The first-order valence-electron chi connectivity index (χ1n) is 9.19. The fraction of sp³-hybridized carbons (Fsp3) is 0.941. The lowest BCUT2D eigenvalue weighted by atomic mass is 10.1. The number of hydrogen-bond acceptors (Lipinski definition) is 6. The number of hydrogen-bond donors (Lipinski definition) is 0. The summed E-state index contributed by atoms with van der Waals surface area (Å²) in [5, 5.41) is 10.1. The van der Waals surface area contributed by atoms with E-state index in [4.69, 9.17) is 14.2 Å². The molecule has 0 radical (unpaired) electrons. The molecule has 0 aromatic carbocycles. The smallest absolute Gasteiger partial charge is 0.378 e. The fourth-order valence-electron chi connectivity index (χ4n) is 2.66. The van der Waals surface area contributed by atoms with Crippen molar-refractivity contribution < 1.29 is 23.9 Å². The highest BCUT2D eigenvalue weighted by molar-refractivity contribution is 5.70. The Hall–Kier alpha value is -1.21. The standard InChI is InChI=1S/C17H31NO6/c19-16(15-18(20)21)22-12-8-5-3-1-2-4-6-9-13-23-17-11-7-10-14-24-17/h17H,1-15H2. The summed E-state index contributed by atoms with van der Waals surface area (Å²) in [6, 6.07) is 0. The topological polar surface area (TPSA) is 87.9 Å². The Morgan fingerprint density at radius 1 is 1.00 bits per heavy atom. The van der Waals surface area contributed by atoms with E-state index in [1.54, 1.807) is 0 Å². The number of ether oxygens (including phenoxy) is 3. The molecule has 7 nitrogen and oxygen atoms in total. The molecule has 1 aliphatic rings. The van der Waals surface area contributed by atoms with E-state index in [-0.39, 0.29) is 12.9 Å². The number of unbranched alkanes of at least 4 members (excludes halogenated alkanes) is 7. The van der Waals surface area contributed by atoms with Crippen LogP contribution in [0.1, 0.15) is 70.6 Å². The van der Waals surface area contributed by atoms with Crippen molar-refractivity contribution in [1.29, 1.82) is 0 Å². The zero-order valence-corrected chi connectivity index (χ0v) is 14.6. The van der Waals surface area contributed by atoms with Crippen LogP contribution in [0.25, 0.3) is 0 Å². The minimum Gasteiger partial charge on any atom is -0.461 e. The van der Waals surface area contributed by atoms with Gasteiger partial charge in [-0.3, -0.25) is 10.1 Å². The Morgan fingerprint density at radius 2 is 1.62 bits per heavy atom. The monoisotopic (exact) mass is 345 g/mol. The lowest BCUT2D eigenvalue weighted by molar-refractivity contribution is -0.470. The number of esters is 1. The molecule has 1 saturated heterocycles. The van der Waals surface area contributed by atoms with Gasteiger partial charge in [-0.05, 0) is 32.1 Å². The largest absolute Gasteiger partial charge is 0.461 e. The summed E-state index contributed by atoms with van der Waals surface area (Å²) in [4.78, 5) is 20.3. The van der Waals surface area contributed by atoms with Crippen molar-refractivity contribution in [2.24, 2.45) is 0 Å². The lowest BCUT2D eigenvalue weighted by Crippen LogP contribution is -2.22. The molecule has 0 N–H and O–H groups in total. The first-order valence-corrected chi connectivity index (χ1v) is 9.19. The van der Waals surface area contributed by atoms with Gasteiger partial charge in [-0.15, -0.1) is 0 Å². The highest BCUT2D eigenvalue weighted by atomic mass is 16.7. The second-order valence-corrected chi connectivity index (χ2v) is 6.21. The fourth-order valence-corrected chi connectivity index (χ4v) is 2.66. The molecule has 1 heterocycles. The summed E-state index contributed by atoms with van der Waals surface area (Å²) in [6.07, 6.45) is 12.2. The van der Waals surface area contributed by atoms with Crippen molar-refractivity contribution in [2.45, 2.75) is 76.9 Å². The SMILES string of the molecule is O=C(C[N+](=O)[O-])OCCCCCCCCCCOC1CCCCO1. The predicted octanol–water partition coefficient (Wildman–Crippen LogP) is 3.47. The van der Waals surface area contributed by atoms with E-state index in [0.29, 0.717) is 0 Å². The summed E-state index contributed by atoms with van der Waals surface area (Å²) in [5.74, 6) is -0.749. The molecule has 1 fully saturated rings. The van der Waals surface area contributed by atoms with Crippen LogP contribution < -0.4 is 0 Å². The van der Waals surface area contributed by atoms with Crippen molar-refractivity contribution >= 4 is 5.97 Å². The second-order valence-electron chi connectivity index (χ2n) is 6.21. The second kappa shape index (κ2) is 14.2. The van der Waals surface area contributed by atoms with Gasteiger partial charge in [-0.25, -0.2) is 4.79 Å². The zero-order chi connectivity index (χ0) is 17.5. The number of rotatable bonds is 14. The van der Waals surface area contributed by atoms with Gasteiger partial charge < -0.3 is 14.2 Å². The molecule has 1 aliphatic heterocycles. The number of carbonyl (C=O) groups excluding carboxylic acids is 1. The van der Waals surface area contributed by atoms with Crippen LogP contribution in [0.2, 0.25) is 0 Å². The Labute approximate surface area is 144 Å². The molecule has 1 rings (SSSR count). The van der Waals surface area contributed by atoms with E-state index in [0.717, 1.165) is 51.7 Å². The molecular weight excluding hydrogens is 314 g/mol. The van der Waals surface area contributed by atoms with Gasteiger partial charge in [-0.2, -0.15) is 0 Å². The highest BCUT2D eigenvalue weighted by Crippen LogP contribution is 2.14. The van der Waals surface area contributed by atoms with E-state index in [9.17, 15) is 14.9 Å². The van der Waals surface area contributed by atoms with E-state index in [2.05, 4.69) is 0 Å². The molecule has 0 amide bonds. The van der Waals surface area contributed by atoms with Crippen LogP contribution in [0.4, 0.5) is 0 Å². The summed E-state index contributed by atoms with van der Waals surface area (Å²) < 4.78 is 16.0. The van der Waals surface area contributed by atoms with Crippen molar-refractivity contribution in [3.63, 3.8) is 0 Å². The maximum atomic E-state index is 10.9. The first kappa shape index (κ1) is 20.8. The van der Waals surface area contributed by atoms with Crippen LogP contribution in [0.15, 0.2) is 0 Å². The predicted molar refractivity (Wildman–Crippen MR) is 89.3 cm³/mol. The minimum atomic E-state index is -0.749. The molecule has 1 unspecified atom stereocenters. The molecule has 0 bridgehead atoms. The molecule has 1 atom stereocenters. The molecule has 0 aromatic heterocycles. The normalized spacial score (nSPS) is 17.6. The molecular formula is C17H31NO6. The van der Waals surface area contributed by atoms with Crippen molar-refractivity contribution in [3.8, 4) is 0 Å². The summed E-state index contributed by atoms with van der Waals surface area (Å²) >= 11 is 0. The Balaban J connectivity index is 1.74. The van der Waals surface area contributed by atoms with Gasteiger partial charge in [0.25, 0.3) is 6.54 Å². The highest BCUT2D eigenvalue weighted by Gasteiger charge is 2.13. The lowest BCUT2D eigenvalue weighted by Gasteiger charge is -2.22. The number of nitrogens with zero attached hydrogens (tertiary/aromatic N) is 1. The number of carbonyl (C=O) groups is 1. The summed E-state index contributed by atoms with van der Waals surface area (Å²) in [6.45, 7) is 1.17. The van der Waals surface area contributed by atoms with Gasteiger partial charge in [0.1, 0.15) is 0 Å². The van der Waals surface area contributed by atoms with Crippen LogP contribution in [-0.2, 0) is 19.0 Å². The molecule has 0 spiro atoms. The molecule has 24 heavy (non-hydrogen) atoms. The molecule has 140 valence electrons. The maximum absolute atomic E-state index is 10.9. The molecule has 0 saturated carbocycles. The van der Waals surface area contributed by atoms with Crippen LogP contribution in [-0.4, -0.2) is 43.5 Å². The average molecular weight is 345 g/mol. The quantitative estimate of drug-likeness (QED) is 0.207. The zero-order valence-electron chi connectivity index (χ0n) is 14.6. The minimum absolute atomic E-state index is 0.0261. The molecule has 7 heteroatoms. The molecule has 0 aliphatic carbocycles. The maximum Gasteiger partial charge on any atom is 0.378 e. The van der Waals surface area contributed by atoms with Gasteiger partial charge in [0, 0.05) is 18.1 Å². The number of nitro groups is 1. The van der Waals surface area contributed by atoms with Crippen LogP contribution >= 0.6 is 0 Å². The van der Waals surface area contributed by atoms with Crippen molar-refractivity contribution in [3.05, 3.63) is 10.1 Å². The average Bonchev–Trinajstić information content (AvgIpc) is 2.56. The van der Waals surface area contributed by atoms with Gasteiger partial charge in [0.05, 0.1) is 6.61 Å². The van der Waals surface area contributed by atoms with Crippen LogP contribution in [0, 0.1) is 10.1 Å². The van der Waals surface area contributed by atoms with Gasteiger partial charge in [-0.1, -0.05) is 38.5 Å². The van der Waals surface area contributed by atoms with Crippen molar-refractivity contribution in [2.75, 3.05) is 26.4 Å². The van der Waals surface area contributed by atoms with Gasteiger partial charge in [0.2, 0.25) is 0 Å². The third kappa shape index (κ3) is 12.2. The first-order chi connectivity index (χ1) is 11.7. The van der Waals surface area contributed by atoms with Gasteiger partial charge >= 0.3 is 5.97 Å². The van der Waals surface area contributed by atoms with Gasteiger partial charge in [0.15, 0.2) is 6.29 Å². The Bertz CT molecular complexity index is 344. The van der Waals surface area contributed by atoms with Crippen LogP contribution in [0.5, 0.6) is 0 Å². The van der Waals surface area contributed by atoms with Crippen LogP contribution in [0.3, 0.4) is 0 Å². The summed E-state index contributed by atoms with van der Waals surface area (Å²) in [5.41, 5.74) is 0. The Morgan fingerprint density at radius 3 is 2.21 bits per heavy atom. The van der Waals surface area contributed by atoms with E-state index in [1.165, 1.54) is 32.1 Å². The van der Waals surface area contributed by atoms with Crippen molar-refractivity contribution in [1.82, 2.24) is 0 Å². The van der Waals surface area contributed by atoms with E-state index < -0.39 is 17.4 Å². The third-order valence-corrected chi connectivity index (χ3v) is 4.00. The van der Waals surface area contributed by atoms with E-state index in [1.807, 2.05) is 0 Å². The Kier molecular flexibility index (Phi) is 12.3. The van der Waals surface area contributed by atoms with E-state index >= 15 is 0 Å².